The van der Waals surface area contributed by atoms with E-state index in [-0.39, 0.29) is 12.6 Å². The molecule has 0 saturated carbocycles. The van der Waals surface area contributed by atoms with Gasteiger partial charge in [0.1, 0.15) is 5.82 Å². The smallest absolute Gasteiger partial charge is 0.127 e. The Kier molecular flexibility index (Phi) is 3.85. The molecule has 78 valence electrons. The maximum Gasteiger partial charge on any atom is 0.127 e. The van der Waals surface area contributed by atoms with Gasteiger partial charge in [-0.15, -0.1) is 0 Å². The van der Waals surface area contributed by atoms with Crippen LogP contribution in [0.4, 0.5) is 5.82 Å². The van der Waals surface area contributed by atoms with Crippen molar-refractivity contribution in [2.75, 3.05) is 25.6 Å². The van der Waals surface area contributed by atoms with Crippen LogP contribution in [0.5, 0.6) is 0 Å². The highest BCUT2D eigenvalue weighted by atomic mass is 16.3. The predicted molar refractivity (Wildman–Crippen MR) is 57.2 cm³/mol. The zero-order valence-corrected chi connectivity index (χ0v) is 8.64. The van der Waals surface area contributed by atoms with Crippen molar-refractivity contribution in [2.45, 2.75) is 12.5 Å². The summed E-state index contributed by atoms with van der Waals surface area (Å²) in [4.78, 5) is 6.18. The van der Waals surface area contributed by atoms with Crippen LogP contribution < -0.4 is 10.6 Å². The second kappa shape index (κ2) is 4.93. The molecule has 3 N–H and O–H groups in total. The normalized spacial score (nSPS) is 12.6. The third-order valence-electron chi connectivity index (χ3n) is 2.10. The van der Waals surface area contributed by atoms with Gasteiger partial charge in [0.15, 0.2) is 0 Å². The Balaban J connectivity index is 2.72. The van der Waals surface area contributed by atoms with Gasteiger partial charge >= 0.3 is 0 Å². The van der Waals surface area contributed by atoms with Crippen molar-refractivity contribution in [3.05, 3.63) is 23.9 Å². The Hall–Kier alpha value is -1.13. The number of aliphatic hydroxyl groups excluding tert-OH is 1. The molecule has 0 amide bonds. The largest absolute Gasteiger partial charge is 0.396 e. The number of anilines is 1. The standard InChI is InChI=1S/C10H17N3O/c1-13(2)10-4-3-8(7-12-10)9(11)5-6-14/h3-4,7,9,14H,5-6,11H2,1-2H3. The van der Waals surface area contributed by atoms with Gasteiger partial charge in [0.05, 0.1) is 0 Å². The third kappa shape index (κ3) is 2.68. The zero-order chi connectivity index (χ0) is 10.6. The predicted octanol–water partition coefficient (Wildman–Crippen LogP) is 0.530. The van der Waals surface area contributed by atoms with Gasteiger partial charge in [-0.2, -0.15) is 0 Å². The van der Waals surface area contributed by atoms with Crippen molar-refractivity contribution in [1.82, 2.24) is 4.98 Å². The molecule has 1 aromatic heterocycles. The summed E-state index contributed by atoms with van der Waals surface area (Å²) in [6.07, 6.45) is 2.33. The minimum absolute atomic E-state index is 0.108. The monoisotopic (exact) mass is 195 g/mol. The fourth-order valence-electron chi connectivity index (χ4n) is 1.19. The van der Waals surface area contributed by atoms with Crippen LogP contribution in [0.2, 0.25) is 0 Å². The first-order valence-corrected chi connectivity index (χ1v) is 4.65. The van der Waals surface area contributed by atoms with E-state index in [0.29, 0.717) is 6.42 Å². The summed E-state index contributed by atoms with van der Waals surface area (Å²) in [5.74, 6) is 0.907. The summed E-state index contributed by atoms with van der Waals surface area (Å²) in [5, 5.41) is 8.73. The van der Waals surface area contributed by atoms with E-state index in [0.717, 1.165) is 11.4 Å². The van der Waals surface area contributed by atoms with Gasteiger partial charge < -0.3 is 15.7 Å². The van der Waals surface area contributed by atoms with Crippen LogP contribution in [0.15, 0.2) is 18.3 Å². The number of nitrogens with zero attached hydrogens (tertiary/aromatic N) is 2. The summed E-state index contributed by atoms with van der Waals surface area (Å²) in [5.41, 5.74) is 6.78. The fraction of sp³-hybridized carbons (Fsp3) is 0.500. The van der Waals surface area contributed by atoms with Crippen molar-refractivity contribution >= 4 is 5.82 Å². The average molecular weight is 195 g/mol. The minimum atomic E-state index is -0.122. The number of aromatic nitrogens is 1. The lowest BCUT2D eigenvalue weighted by Crippen LogP contribution is -2.14. The van der Waals surface area contributed by atoms with E-state index in [9.17, 15) is 0 Å². The molecule has 0 fully saturated rings. The molecule has 1 rings (SSSR count). The van der Waals surface area contributed by atoms with Crippen LogP contribution in [0, 0.1) is 0 Å². The number of aliphatic hydroxyl groups is 1. The van der Waals surface area contributed by atoms with E-state index >= 15 is 0 Å². The molecule has 0 radical (unpaired) electrons. The Morgan fingerprint density at radius 1 is 1.50 bits per heavy atom. The van der Waals surface area contributed by atoms with Crippen molar-refractivity contribution in [2.24, 2.45) is 5.73 Å². The van der Waals surface area contributed by atoms with Crippen molar-refractivity contribution in [3.63, 3.8) is 0 Å². The summed E-state index contributed by atoms with van der Waals surface area (Å²) in [6, 6.07) is 3.75. The van der Waals surface area contributed by atoms with Crippen LogP contribution >= 0.6 is 0 Å². The first-order valence-electron chi connectivity index (χ1n) is 4.65. The average Bonchev–Trinajstić information content (AvgIpc) is 2.18. The quantitative estimate of drug-likeness (QED) is 0.735. The number of hydrogen-bond donors (Lipinski definition) is 2. The second-order valence-electron chi connectivity index (χ2n) is 3.46. The molecule has 0 aliphatic heterocycles. The number of hydrogen-bond acceptors (Lipinski definition) is 4. The molecular formula is C10H17N3O. The summed E-state index contributed by atoms with van der Waals surface area (Å²) < 4.78 is 0. The van der Waals surface area contributed by atoms with Gasteiger partial charge in [0.2, 0.25) is 0 Å². The SMILES string of the molecule is CN(C)c1ccc(C(N)CCO)cn1. The Morgan fingerprint density at radius 2 is 2.21 bits per heavy atom. The summed E-state index contributed by atoms with van der Waals surface area (Å²) >= 11 is 0. The molecule has 1 atom stereocenters. The van der Waals surface area contributed by atoms with Crippen molar-refractivity contribution < 1.29 is 5.11 Å². The number of nitrogens with two attached hydrogens (primary N) is 1. The molecule has 1 heterocycles. The maximum atomic E-state index is 8.73. The Labute approximate surface area is 84.4 Å². The number of pyridine rings is 1. The molecule has 14 heavy (non-hydrogen) atoms. The summed E-state index contributed by atoms with van der Waals surface area (Å²) in [7, 11) is 3.88. The fourth-order valence-corrected chi connectivity index (χ4v) is 1.19. The summed E-state index contributed by atoms with van der Waals surface area (Å²) in [6.45, 7) is 0.108. The lowest BCUT2D eigenvalue weighted by molar-refractivity contribution is 0.276. The van der Waals surface area contributed by atoms with Gasteiger partial charge in [-0.25, -0.2) is 4.98 Å². The topological polar surface area (TPSA) is 62.4 Å². The van der Waals surface area contributed by atoms with E-state index in [1.807, 2.05) is 31.1 Å². The van der Waals surface area contributed by atoms with Crippen molar-refractivity contribution in [3.8, 4) is 0 Å². The van der Waals surface area contributed by atoms with E-state index in [2.05, 4.69) is 4.98 Å². The Bertz CT molecular complexity index is 271. The highest BCUT2D eigenvalue weighted by Gasteiger charge is 2.05. The number of rotatable bonds is 4. The van der Waals surface area contributed by atoms with E-state index in [1.165, 1.54) is 0 Å². The van der Waals surface area contributed by atoms with E-state index in [1.54, 1.807) is 6.20 Å². The zero-order valence-electron chi connectivity index (χ0n) is 8.64. The van der Waals surface area contributed by atoms with Gasteiger partial charge in [-0.05, 0) is 18.1 Å². The van der Waals surface area contributed by atoms with Gasteiger partial charge in [-0.1, -0.05) is 6.07 Å². The molecule has 0 aliphatic carbocycles. The van der Waals surface area contributed by atoms with Crippen LogP contribution in [-0.4, -0.2) is 30.8 Å². The molecule has 0 aromatic carbocycles. The molecule has 0 aliphatic rings. The molecule has 0 spiro atoms. The van der Waals surface area contributed by atoms with Gasteiger partial charge in [-0.3, -0.25) is 0 Å². The van der Waals surface area contributed by atoms with Crippen molar-refractivity contribution in [1.29, 1.82) is 0 Å². The van der Waals surface area contributed by atoms with E-state index in [4.69, 9.17) is 10.8 Å². The molecule has 4 heteroatoms. The van der Waals surface area contributed by atoms with Gasteiger partial charge in [0.25, 0.3) is 0 Å². The first kappa shape index (κ1) is 10.9. The van der Waals surface area contributed by atoms with Crippen LogP contribution in [0.3, 0.4) is 0 Å². The van der Waals surface area contributed by atoms with Gasteiger partial charge in [0, 0.05) is 32.9 Å². The maximum absolute atomic E-state index is 8.73. The molecular weight excluding hydrogens is 178 g/mol. The lowest BCUT2D eigenvalue weighted by Gasteiger charge is -2.13. The highest BCUT2D eigenvalue weighted by molar-refractivity contribution is 5.37. The van der Waals surface area contributed by atoms with Crippen LogP contribution in [-0.2, 0) is 0 Å². The lowest BCUT2D eigenvalue weighted by atomic mass is 10.1. The highest BCUT2D eigenvalue weighted by Crippen LogP contribution is 2.15. The van der Waals surface area contributed by atoms with Crippen LogP contribution in [0.25, 0.3) is 0 Å². The van der Waals surface area contributed by atoms with E-state index < -0.39 is 0 Å². The molecule has 1 unspecified atom stereocenters. The third-order valence-corrected chi connectivity index (χ3v) is 2.10. The molecule has 4 nitrogen and oxygen atoms in total. The molecule has 0 saturated heterocycles. The molecule has 1 aromatic rings. The Morgan fingerprint density at radius 3 is 2.64 bits per heavy atom. The van der Waals surface area contributed by atoms with Crippen LogP contribution in [0.1, 0.15) is 18.0 Å². The first-order chi connectivity index (χ1) is 6.65. The minimum Gasteiger partial charge on any atom is -0.396 e. The second-order valence-corrected chi connectivity index (χ2v) is 3.46. The molecule has 0 bridgehead atoms.